The lowest BCUT2D eigenvalue weighted by Gasteiger charge is -2.25. The van der Waals surface area contributed by atoms with Gasteiger partial charge in [-0.1, -0.05) is 13.3 Å². The normalized spacial score (nSPS) is 16.4. The Labute approximate surface area is 453 Å². The Morgan fingerprint density at radius 2 is 1.08 bits per heavy atom. The molecule has 77 heavy (non-hydrogen) atoms. The van der Waals surface area contributed by atoms with E-state index in [-0.39, 0.29) is 75.4 Å². The first-order valence-electron chi connectivity index (χ1n) is 26.5. The van der Waals surface area contributed by atoms with E-state index in [4.69, 9.17) is 71.1 Å². The fourth-order valence-electron chi connectivity index (χ4n) is 6.96. The van der Waals surface area contributed by atoms with Crippen molar-refractivity contribution >= 4 is 36.4 Å². The maximum Gasteiger partial charge on any atom is 0.325 e. The van der Waals surface area contributed by atoms with Gasteiger partial charge >= 0.3 is 12.0 Å². The predicted molar refractivity (Wildman–Crippen MR) is 282 cm³/mol. The quantitative estimate of drug-likeness (QED) is 0.0478. The van der Waals surface area contributed by atoms with Crippen LogP contribution in [0.2, 0.25) is 0 Å². The number of rotatable bonds is 47. The summed E-state index contributed by atoms with van der Waals surface area (Å²) in [6.07, 6.45) is 6.93. The number of nitrogens with one attached hydrogen (secondary N) is 3. The summed E-state index contributed by atoms with van der Waals surface area (Å²) >= 11 is 0. The van der Waals surface area contributed by atoms with Gasteiger partial charge in [-0.25, -0.2) is 4.79 Å². The van der Waals surface area contributed by atoms with Crippen LogP contribution in [0.15, 0.2) is 40.0 Å². The van der Waals surface area contributed by atoms with Gasteiger partial charge in [0.1, 0.15) is 17.0 Å². The van der Waals surface area contributed by atoms with E-state index in [0.29, 0.717) is 176 Å². The van der Waals surface area contributed by atoms with Crippen LogP contribution in [0, 0.1) is 0 Å². The van der Waals surface area contributed by atoms with E-state index in [9.17, 15) is 19.2 Å². The van der Waals surface area contributed by atoms with Crippen LogP contribution in [0.4, 0.5) is 4.79 Å². The van der Waals surface area contributed by atoms with E-state index in [1.54, 1.807) is 18.2 Å². The van der Waals surface area contributed by atoms with Gasteiger partial charge in [-0.05, 0) is 37.5 Å². The highest BCUT2D eigenvalue weighted by molar-refractivity contribution is 6.12. The zero-order valence-corrected chi connectivity index (χ0v) is 45.6. The third-order valence-corrected chi connectivity index (χ3v) is 11.1. The summed E-state index contributed by atoms with van der Waals surface area (Å²) in [5, 5.41) is 8.56. The standard InChI is InChI=1S/C52H86N6O19/c1-4-5-14-77-48(59)8-15-65-17-19-67-21-23-69-25-27-71-29-31-73-33-35-75-37-38-76-36-34-74-32-30-72-28-26-70-24-22-68-20-18-66-16-13-56-49(60)45-40-53-11-9-52(10-12-54-43-55-41-45)50(61)58(51(62)57-52)42-44-39-46(63-2)6-7-47(44)64-3/h6-7,39-41,43H,4-5,8-38,42H2,1-3H3,(H,54,55)(H,56,60)(H,57,62)/b45-41+,53-40?. The minimum atomic E-state index is -1.22. The Morgan fingerprint density at radius 3 is 1.55 bits per heavy atom. The SMILES string of the molecule is CCCCOC(=O)CCOCCOCCOCCOCCOCCOCCOCCOCCOCCOCCOCCOCCNC(=O)/C1=C/NC=NCCC2(CCN=C1)NC(=O)N(Cc1cc(OC)ccc1OC)C2=O. The van der Waals surface area contributed by atoms with Gasteiger partial charge < -0.3 is 87.0 Å². The molecule has 25 heteroatoms. The molecule has 1 aromatic rings. The number of ether oxygens (including phenoxy) is 15. The maximum absolute atomic E-state index is 13.8. The number of unbranched alkanes of at least 4 members (excludes halogenated alkanes) is 1. The van der Waals surface area contributed by atoms with Gasteiger partial charge in [-0.3, -0.25) is 29.3 Å². The molecule has 1 spiro atoms. The predicted octanol–water partition coefficient (Wildman–Crippen LogP) is 1.91. The number of nitrogens with zero attached hydrogens (tertiary/aromatic N) is 3. The molecule has 0 radical (unpaired) electrons. The molecule has 0 aromatic heterocycles. The Morgan fingerprint density at radius 1 is 0.610 bits per heavy atom. The van der Waals surface area contributed by atoms with Crippen LogP contribution < -0.4 is 25.4 Å². The van der Waals surface area contributed by atoms with Crippen LogP contribution in [0.1, 0.15) is 44.6 Å². The Bertz CT molecular complexity index is 1830. The number of methoxy groups -OCH3 is 2. The van der Waals surface area contributed by atoms with Crippen molar-refractivity contribution in [1.29, 1.82) is 0 Å². The van der Waals surface area contributed by atoms with Crippen molar-refractivity contribution in [2.45, 2.75) is 51.1 Å². The number of imide groups is 1. The van der Waals surface area contributed by atoms with E-state index < -0.39 is 11.6 Å². The number of carbonyl (C=O) groups is 4. The van der Waals surface area contributed by atoms with Gasteiger partial charge in [-0.15, -0.1) is 0 Å². The molecule has 0 aliphatic carbocycles. The van der Waals surface area contributed by atoms with Crippen molar-refractivity contribution < 1.29 is 90.2 Å². The number of hydrogen-bond donors (Lipinski definition) is 3. The smallest absolute Gasteiger partial charge is 0.325 e. The van der Waals surface area contributed by atoms with E-state index in [0.717, 1.165) is 17.7 Å². The van der Waals surface area contributed by atoms with Crippen molar-refractivity contribution in [3.63, 3.8) is 0 Å². The number of aliphatic imine (C=N–C) groups is 2. The van der Waals surface area contributed by atoms with Crippen LogP contribution in [0.25, 0.3) is 0 Å². The third kappa shape index (κ3) is 31.3. The van der Waals surface area contributed by atoms with E-state index >= 15 is 0 Å². The summed E-state index contributed by atoms with van der Waals surface area (Å²) < 4.78 is 81.9. The lowest BCUT2D eigenvalue weighted by atomic mass is 9.91. The molecule has 1 atom stereocenters. The van der Waals surface area contributed by atoms with Gasteiger partial charge in [0.2, 0.25) is 0 Å². The van der Waals surface area contributed by atoms with Crippen LogP contribution in [0.3, 0.4) is 0 Å². The highest BCUT2D eigenvalue weighted by Gasteiger charge is 2.50. The second-order valence-electron chi connectivity index (χ2n) is 16.8. The van der Waals surface area contributed by atoms with E-state index in [2.05, 4.69) is 25.9 Å². The first-order chi connectivity index (χ1) is 37.8. The molecule has 1 saturated heterocycles. The average Bonchev–Trinajstić information content (AvgIpc) is 3.66. The Hall–Kier alpha value is -4.90. The number of amides is 4. The first kappa shape index (κ1) is 66.4. The highest BCUT2D eigenvalue weighted by Crippen LogP contribution is 2.31. The van der Waals surface area contributed by atoms with Crippen LogP contribution >= 0.6 is 0 Å². The molecule has 1 fully saturated rings. The summed E-state index contributed by atoms with van der Waals surface area (Å²) in [5.74, 6) is 0.0925. The second kappa shape index (κ2) is 45.0. The fraction of sp³-hybridized carbons (Fsp3) is 0.731. The number of esters is 1. The van der Waals surface area contributed by atoms with Crippen molar-refractivity contribution in [3.8, 4) is 11.5 Å². The maximum atomic E-state index is 13.8. The molecule has 25 nitrogen and oxygen atoms in total. The van der Waals surface area contributed by atoms with Gasteiger partial charge in [0.05, 0.1) is 204 Å². The van der Waals surface area contributed by atoms with Crippen molar-refractivity contribution in [2.75, 3.05) is 199 Å². The van der Waals surface area contributed by atoms with Gasteiger partial charge in [0.15, 0.2) is 0 Å². The lowest BCUT2D eigenvalue weighted by Crippen LogP contribution is -2.48. The summed E-state index contributed by atoms with van der Waals surface area (Å²) in [6, 6.07) is 4.66. The molecular formula is C52H86N6O19. The van der Waals surface area contributed by atoms with Gasteiger partial charge in [0.25, 0.3) is 11.8 Å². The molecule has 3 N–H and O–H groups in total. The second-order valence-corrected chi connectivity index (χ2v) is 16.8. The first-order valence-corrected chi connectivity index (χ1v) is 26.5. The molecule has 2 aliphatic rings. The molecule has 2 heterocycles. The van der Waals surface area contributed by atoms with Crippen molar-refractivity contribution in [2.24, 2.45) is 9.98 Å². The average molecular weight is 1100 g/mol. The highest BCUT2D eigenvalue weighted by atomic mass is 16.6. The molecule has 1 unspecified atom stereocenters. The zero-order chi connectivity index (χ0) is 55.1. The topological polar surface area (TPSA) is 271 Å². The molecule has 0 bridgehead atoms. The van der Waals surface area contributed by atoms with E-state index in [1.807, 2.05) is 6.92 Å². The summed E-state index contributed by atoms with van der Waals surface area (Å²) in [7, 11) is 3.05. The molecule has 3 rings (SSSR count). The monoisotopic (exact) mass is 1100 g/mol. The van der Waals surface area contributed by atoms with Crippen molar-refractivity contribution in [1.82, 2.24) is 20.9 Å². The zero-order valence-electron chi connectivity index (χ0n) is 45.6. The van der Waals surface area contributed by atoms with Crippen molar-refractivity contribution in [3.05, 3.63) is 35.5 Å². The van der Waals surface area contributed by atoms with Crippen LogP contribution in [0.5, 0.6) is 11.5 Å². The van der Waals surface area contributed by atoms with Crippen LogP contribution in [-0.2, 0) is 82.5 Å². The third-order valence-electron chi connectivity index (χ3n) is 11.1. The number of hydrogen-bond acceptors (Lipinski definition) is 22. The minimum Gasteiger partial charge on any atom is -0.497 e. The molecular weight excluding hydrogens is 1010 g/mol. The number of urea groups is 1. The molecule has 0 saturated carbocycles. The lowest BCUT2D eigenvalue weighted by molar-refractivity contribution is -0.145. The largest absolute Gasteiger partial charge is 0.497 e. The Kier molecular flexibility index (Phi) is 38.8. The number of carbonyl (C=O) groups excluding carboxylic acids is 4. The molecule has 1 aromatic carbocycles. The Balaban J connectivity index is 1.03. The van der Waals surface area contributed by atoms with Crippen LogP contribution in [-0.4, -0.2) is 246 Å². The van der Waals surface area contributed by atoms with E-state index in [1.165, 1.54) is 33.0 Å². The molecule has 4 amide bonds. The summed E-state index contributed by atoms with van der Waals surface area (Å²) in [6.45, 7) is 13.5. The summed E-state index contributed by atoms with van der Waals surface area (Å²) in [4.78, 5) is 61.3. The molecule has 2 aliphatic heterocycles. The molecule has 438 valence electrons. The summed E-state index contributed by atoms with van der Waals surface area (Å²) in [5.41, 5.74) is -0.355. The fourth-order valence-corrected chi connectivity index (χ4v) is 6.96. The number of benzene rings is 1. The van der Waals surface area contributed by atoms with Gasteiger partial charge in [0, 0.05) is 37.6 Å². The van der Waals surface area contributed by atoms with Gasteiger partial charge in [-0.2, -0.15) is 0 Å². The minimum absolute atomic E-state index is 0.00680.